The van der Waals surface area contributed by atoms with Gasteiger partial charge in [-0.15, -0.1) is 0 Å². The summed E-state index contributed by atoms with van der Waals surface area (Å²) in [6, 6.07) is 25.5. The van der Waals surface area contributed by atoms with Gasteiger partial charge in [-0.25, -0.2) is 0 Å². The Morgan fingerprint density at radius 3 is 1.97 bits per heavy atom. The van der Waals surface area contributed by atoms with E-state index in [1.165, 1.54) is 45.9 Å². The minimum Gasteiger partial charge on any atom is -0.282 e. The van der Waals surface area contributed by atoms with Crippen molar-refractivity contribution in [3.63, 3.8) is 0 Å². The van der Waals surface area contributed by atoms with Gasteiger partial charge in [-0.05, 0) is 59.0 Å². The van der Waals surface area contributed by atoms with Gasteiger partial charge >= 0.3 is 0 Å². The molecule has 3 nitrogen and oxygen atoms in total. The van der Waals surface area contributed by atoms with E-state index in [-0.39, 0.29) is 4.90 Å². The SMILES string of the molecule is CC.CCC.CCc1ccc2c(c1)Cc1cc(C)ccc1-2.O=S(=O)(O)c1cccc2ccccc12. The summed E-state index contributed by atoms with van der Waals surface area (Å²) in [6.07, 6.45) is 3.49. The first-order chi connectivity index (χ1) is 16.8. The van der Waals surface area contributed by atoms with E-state index in [1.807, 2.05) is 19.9 Å². The lowest BCUT2D eigenvalue weighted by Gasteiger charge is -2.03. The average molecular weight is 491 g/mol. The number of hydrogen-bond donors (Lipinski definition) is 1. The molecule has 4 heteroatoms. The molecule has 0 saturated carbocycles. The summed E-state index contributed by atoms with van der Waals surface area (Å²) in [4.78, 5) is -0.0457. The molecule has 0 unspecified atom stereocenters. The largest absolute Gasteiger partial charge is 0.295 e. The van der Waals surface area contributed by atoms with E-state index in [0.717, 1.165) is 18.2 Å². The molecule has 1 N–H and O–H groups in total. The van der Waals surface area contributed by atoms with E-state index in [1.54, 1.807) is 30.3 Å². The van der Waals surface area contributed by atoms with E-state index in [4.69, 9.17) is 4.55 Å². The van der Waals surface area contributed by atoms with E-state index in [0.29, 0.717) is 5.39 Å². The molecule has 0 fully saturated rings. The van der Waals surface area contributed by atoms with Crippen molar-refractivity contribution in [2.45, 2.75) is 65.7 Å². The fourth-order valence-corrected chi connectivity index (χ4v) is 4.75. The third kappa shape index (κ3) is 7.27. The number of hydrogen-bond acceptors (Lipinski definition) is 2. The van der Waals surface area contributed by atoms with E-state index in [2.05, 4.69) is 64.1 Å². The van der Waals surface area contributed by atoms with Crippen molar-refractivity contribution in [2.24, 2.45) is 0 Å². The first-order valence-electron chi connectivity index (χ1n) is 12.4. The van der Waals surface area contributed by atoms with Crippen LogP contribution in [0.5, 0.6) is 0 Å². The molecule has 0 saturated heterocycles. The van der Waals surface area contributed by atoms with Crippen molar-refractivity contribution < 1.29 is 13.0 Å². The third-order valence-corrected chi connectivity index (χ3v) is 6.45. The minimum atomic E-state index is -4.13. The highest BCUT2D eigenvalue weighted by molar-refractivity contribution is 7.86. The lowest BCUT2D eigenvalue weighted by atomic mass is 10.0. The molecule has 0 aromatic heterocycles. The number of fused-ring (bicyclic) bond motifs is 4. The fraction of sp³-hybridized carbons (Fsp3) is 0.290. The maximum Gasteiger partial charge on any atom is 0.295 e. The van der Waals surface area contributed by atoms with Crippen LogP contribution in [0.2, 0.25) is 0 Å². The number of rotatable bonds is 2. The summed E-state index contributed by atoms with van der Waals surface area (Å²) in [6.45, 7) is 12.6. The lowest BCUT2D eigenvalue weighted by Crippen LogP contribution is -1.98. The molecule has 0 atom stereocenters. The van der Waals surface area contributed by atoms with Crippen molar-refractivity contribution >= 4 is 20.9 Å². The van der Waals surface area contributed by atoms with Gasteiger partial charge < -0.3 is 0 Å². The third-order valence-electron chi connectivity index (χ3n) is 5.54. The van der Waals surface area contributed by atoms with Crippen LogP contribution in [0.1, 0.15) is 63.3 Å². The molecular formula is C31H38O3S. The van der Waals surface area contributed by atoms with Crippen LogP contribution in [-0.2, 0) is 23.0 Å². The zero-order valence-corrected chi connectivity index (χ0v) is 22.6. The fourth-order valence-electron chi connectivity index (χ4n) is 4.03. The highest BCUT2D eigenvalue weighted by atomic mass is 32.2. The first kappa shape index (κ1) is 28.3. The van der Waals surface area contributed by atoms with Gasteiger partial charge in [0.05, 0.1) is 0 Å². The predicted octanol–water partition coefficient (Wildman–Crippen LogP) is 8.66. The van der Waals surface area contributed by atoms with Crippen molar-refractivity contribution in [1.82, 2.24) is 0 Å². The Kier molecular flexibility index (Phi) is 10.7. The van der Waals surface area contributed by atoms with Gasteiger partial charge in [0.2, 0.25) is 0 Å². The molecule has 0 radical (unpaired) electrons. The maximum atomic E-state index is 11.0. The average Bonchev–Trinajstić information content (AvgIpc) is 3.21. The smallest absolute Gasteiger partial charge is 0.282 e. The van der Waals surface area contributed by atoms with Gasteiger partial charge in [-0.1, -0.05) is 119 Å². The molecule has 186 valence electrons. The zero-order chi connectivity index (χ0) is 26.0. The van der Waals surface area contributed by atoms with Gasteiger partial charge in [0.1, 0.15) is 4.90 Å². The molecule has 0 bridgehead atoms. The summed E-state index contributed by atoms with van der Waals surface area (Å²) < 4.78 is 31.0. The van der Waals surface area contributed by atoms with Gasteiger partial charge in [0.15, 0.2) is 0 Å². The molecule has 1 aliphatic rings. The van der Waals surface area contributed by atoms with Crippen molar-refractivity contribution in [3.05, 3.63) is 101 Å². The topological polar surface area (TPSA) is 54.4 Å². The van der Waals surface area contributed by atoms with Crippen molar-refractivity contribution in [3.8, 4) is 11.1 Å². The van der Waals surface area contributed by atoms with Gasteiger partial charge in [0, 0.05) is 5.39 Å². The zero-order valence-electron chi connectivity index (χ0n) is 21.8. The first-order valence-corrected chi connectivity index (χ1v) is 13.9. The molecule has 0 amide bonds. The normalized spacial score (nSPS) is 11.1. The minimum absolute atomic E-state index is 0.0457. The molecule has 35 heavy (non-hydrogen) atoms. The molecule has 4 aromatic carbocycles. The van der Waals surface area contributed by atoms with Crippen LogP contribution in [0.25, 0.3) is 21.9 Å². The number of aryl methyl sites for hydroxylation is 2. The van der Waals surface area contributed by atoms with Crippen LogP contribution in [0.4, 0.5) is 0 Å². The summed E-state index contributed by atoms with van der Waals surface area (Å²) in [5, 5.41) is 1.33. The van der Waals surface area contributed by atoms with E-state index < -0.39 is 10.1 Å². The van der Waals surface area contributed by atoms with Crippen LogP contribution in [0, 0.1) is 6.92 Å². The monoisotopic (exact) mass is 490 g/mol. The summed E-state index contributed by atoms with van der Waals surface area (Å²) in [5.41, 5.74) is 8.67. The van der Waals surface area contributed by atoms with Crippen LogP contribution in [0.3, 0.4) is 0 Å². The lowest BCUT2D eigenvalue weighted by molar-refractivity contribution is 0.484. The molecule has 0 heterocycles. The Morgan fingerprint density at radius 1 is 0.771 bits per heavy atom. The van der Waals surface area contributed by atoms with Crippen LogP contribution in [0.15, 0.2) is 83.8 Å². The Hall–Kier alpha value is -2.95. The summed E-state index contributed by atoms with van der Waals surface area (Å²) in [7, 11) is -4.13. The van der Waals surface area contributed by atoms with Gasteiger partial charge in [0.25, 0.3) is 10.1 Å². The highest BCUT2D eigenvalue weighted by Gasteiger charge is 2.18. The summed E-state index contributed by atoms with van der Waals surface area (Å²) in [5.74, 6) is 0. The predicted molar refractivity (Wildman–Crippen MR) is 150 cm³/mol. The molecule has 0 aliphatic heterocycles. The second-order valence-electron chi connectivity index (χ2n) is 8.34. The summed E-state index contributed by atoms with van der Waals surface area (Å²) >= 11 is 0. The molecule has 4 aromatic rings. The van der Waals surface area contributed by atoms with Crippen LogP contribution < -0.4 is 0 Å². The Balaban J connectivity index is 0.000000211. The molecule has 5 rings (SSSR count). The Labute approximate surface area is 211 Å². The molecule has 0 spiro atoms. The van der Waals surface area contributed by atoms with Crippen molar-refractivity contribution in [1.29, 1.82) is 0 Å². The van der Waals surface area contributed by atoms with Gasteiger partial charge in [-0.3, -0.25) is 4.55 Å². The van der Waals surface area contributed by atoms with Crippen molar-refractivity contribution in [2.75, 3.05) is 0 Å². The second-order valence-corrected chi connectivity index (χ2v) is 9.73. The molecule has 1 aliphatic carbocycles. The van der Waals surface area contributed by atoms with Crippen LogP contribution in [-0.4, -0.2) is 13.0 Å². The Bertz CT molecular complexity index is 1350. The highest BCUT2D eigenvalue weighted by Crippen LogP contribution is 2.37. The van der Waals surface area contributed by atoms with Gasteiger partial charge in [-0.2, -0.15) is 8.42 Å². The van der Waals surface area contributed by atoms with E-state index >= 15 is 0 Å². The standard InChI is InChI=1S/C16H16.C10H8O3S.C3H8.C2H6/c1-3-12-5-7-16-14(9-12)10-13-8-11(2)4-6-15(13)16;11-14(12,13)10-7-3-5-8-4-1-2-6-9(8)10;1-3-2;1-2/h4-9H,3,10H2,1-2H3;1-7H,(H,11,12,13);3H2,1-2H3;1-2H3. The maximum absolute atomic E-state index is 11.0. The Morgan fingerprint density at radius 2 is 1.34 bits per heavy atom. The molecular weight excluding hydrogens is 452 g/mol. The van der Waals surface area contributed by atoms with E-state index in [9.17, 15) is 8.42 Å². The van der Waals surface area contributed by atoms with Crippen LogP contribution >= 0.6 is 0 Å². The second kappa shape index (κ2) is 13.2. The quantitative estimate of drug-likeness (QED) is 0.252. The number of benzene rings is 4.